The van der Waals surface area contributed by atoms with E-state index < -0.39 is 21.7 Å². The lowest BCUT2D eigenvalue weighted by Crippen LogP contribution is -2.15. The van der Waals surface area contributed by atoms with Gasteiger partial charge in [-0.1, -0.05) is 29.3 Å². The maximum absolute atomic E-state index is 13.0. The summed E-state index contributed by atoms with van der Waals surface area (Å²) < 4.78 is 40.1. The van der Waals surface area contributed by atoms with E-state index in [9.17, 15) is 17.6 Å². The standard InChI is InChI=1S/C19H13Cl2FN2O3S/c20-13-9-14(21)11-17(10-13)23-19(25)12-2-1-3-16(8-12)24-28(26,27)18-6-4-15(22)5-7-18/h1-11,24H,(H,23,25). The van der Waals surface area contributed by atoms with Crippen molar-refractivity contribution in [3.05, 3.63) is 88.2 Å². The smallest absolute Gasteiger partial charge is 0.261 e. The van der Waals surface area contributed by atoms with Crippen LogP contribution in [0.2, 0.25) is 10.0 Å². The molecule has 0 fully saturated rings. The maximum Gasteiger partial charge on any atom is 0.261 e. The Morgan fingerprint density at radius 2 is 1.50 bits per heavy atom. The van der Waals surface area contributed by atoms with Crippen LogP contribution in [0.25, 0.3) is 0 Å². The summed E-state index contributed by atoms with van der Waals surface area (Å²) in [5.74, 6) is -1.01. The van der Waals surface area contributed by atoms with Gasteiger partial charge in [-0.2, -0.15) is 0 Å². The van der Waals surface area contributed by atoms with Gasteiger partial charge in [0.25, 0.3) is 15.9 Å². The molecule has 3 aromatic carbocycles. The number of rotatable bonds is 5. The fourth-order valence-corrected chi connectivity index (χ4v) is 3.96. The molecule has 0 heterocycles. The zero-order valence-electron chi connectivity index (χ0n) is 14.1. The molecule has 0 saturated carbocycles. The number of hydrogen-bond donors (Lipinski definition) is 2. The second-order valence-electron chi connectivity index (χ2n) is 5.75. The lowest BCUT2D eigenvalue weighted by atomic mass is 10.2. The quantitative estimate of drug-likeness (QED) is 0.575. The number of carbonyl (C=O) groups excluding carboxylic acids is 1. The topological polar surface area (TPSA) is 75.3 Å². The van der Waals surface area contributed by atoms with Gasteiger partial charge in [0.05, 0.1) is 4.90 Å². The molecule has 0 aromatic heterocycles. The summed E-state index contributed by atoms with van der Waals surface area (Å²) in [5, 5.41) is 3.37. The van der Waals surface area contributed by atoms with Crippen molar-refractivity contribution in [2.45, 2.75) is 4.90 Å². The highest BCUT2D eigenvalue weighted by molar-refractivity contribution is 7.92. The van der Waals surface area contributed by atoms with E-state index in [0.29, 0.717) is 15.7 Å². The summed E-state index contributed by atoms with van der Waals surface area (Å²) in [7, 11) is -3.93. The Bertz CT molecular complexity index is 1120. The van der Waals surface area contributed by atoms with Crippen molar-refractivity contribution in [3.8, 4) is 0 Å². The number of halogens is 3. The van der Waals surface area contributed by atoms with E-state index in [2.05, 4.69) is 10.0 Å². The highest BCUT2D eigenvalue weighted by Gasteiger charge is 2.15. The molecule has 0 bridgehead atoms. The third-order valence-corrected chi connectivity index (χ3v) is 5.45. The fourth-order valence-electron chi connectivity index (χ4n) is 2.38. The Hall–Kier alpha value is -2.61. The van der Waals surface area contributed by atoms with E-state index >= 15 is 0 Å². The van der Waals surface area contributed by atoms with Crippen molar-refractivity contribution >= 4 is 50.5 Å². The predicted octanol–water partition coefficient (Wildman–Crippen LogP) is 5.19. The lowest BCUT2D eigenvalue weighted by Gasteiger charge is -2.10. The van der Waals surface area contributed by atoms with Crippen molar-refractivity contribution < 1.29 is 17.6 Å². The first-order chi connectivity index (χ1) is 13.2. The van der Waals surface area contributed by atoms with E-state index in [1.165, 1.54) is 42.5 Å². The number of carbonyl (C=O) groups is 1. The molecule has 9 heteroatoms. The van der Waals surface area contributed by atoms with Crippen LogP contribution in [0.15, 0.2) is 71.6 Å². The molecule has 144 valence electrons. The molecule has 0 saturated heterocycles. The zero-order valence-corrected chi connectivity index (χ0v) is 16.4. The minimum atomic E-state index is -3.93. The summed E-state index contributed by atoms with van der Waals surface area (Å²) in [6.07, 6.45) is 0. The van der Waals surface area contributed by atoms with Crippen LogP contribution in [0.4, 0.5) is 15.8 Å². The SMILES string of the molecule is O=C(Nc1cc(Cl)cc(Cl)c1)c1cccc(NS(=O)(=O)c2ccc(F)cc2)c1. The molecular formula is C19H13Cl2FN2O3S. The molecule has 3 rings (SSSR count). The van der Waals surface area contributed by atoms with Gasteiger partial charge in [0.1, 0.15) is 5.82 Å². The average Bonchev–Trinajstić information content (AvgIpc) is 2.61. The molecule has 0 aliphatic carbocycles. The van der Waals surface area contributed by atoms with E-state index in [1.54, 1.807) is 0 Å². The summed E-state index contributed by atoms with van der Waals surface area (Å²) in [6, 6.07) is 14.9. The van der Waals surface area contributed by atoms with E-state index in [-0.39, 0.29) is 16.1 Å². The molecule has 5 nitrogen and oxygen atoms in total. The Morgan fingerprint density at radius 3 is 2.14 bits per heavy atom. The molecule has 0 aliphatic heterocycles. The number of hydrogen-bond acceptors (Lipinski definition) is 3. The van der Waals surface area contributed by atoms with Gasteiger partial charge >= 0.3 is 0 Å². The number of benzene rings is 3. The monoisotopic (exact) mass is 438 g/mol. The van der Waals surface area contributed by atoms with E-state index in [1.807, 2.05) is 0 Å². The molecule has 0 aliphatic rings. The van der Waals surface area contributed by atoms with Crippen molar-refractivity contribution in [3.63, 3.8) is 0 Å². The third kappa shape index (κ3) is 5.01. The Kier molecular flexibility index (Phi) is 5.88. The average molecular weight is 439 g/mol. The highest BCUT2D eigenvalue weighted by Crippen LogP contribution is 2.23. The van der Waals surface area contributed by atoms with Crippen LogP contribution in [0.1, 0.15) is 10.4 Å². The van der Waals surface area contributed by atoms with Crippen LogP contribution in [0.5, 0.6) is 0 Å². The van der Waals surface area contributed by atoms with Gasteiger partial charge in [0.15, 0.2) is 0 Å². The minimum absolute atomic E-state index is 0.0997. The summed E-state index contributed by atoms with van der Waals surface area (Å²) >= 11 is 11.8. The summed E-state index contributed by atoms with van der Waals surface area (Å²) in [4.78, 5) is 12.3. The van der Waals surface area contributed by atoms with Gasteiger partial charge in [-0.05, 0) is 60.7 Å². The third-order valence-electron chi connectivity index (χ3n) is 3.62. The molecule has 0 radical (unpaired) electrons. The largest absolute Gasteiger partial charge is 0.322 e. The number of sulfonamides is 1. The van der Waals surface area contributed by atoms with Gasteiger partial charge < -0.3 is 5.32 Å². The number of nitrogens with one attached hydrogen (secondary N) is 2. The van der Waals surface area contributed by atoms with Crippen molar-refractivity contribution in [2.24, 2.45) is 0 Å². The van der Waals surface area contributed by atoms with E-state index in [0.717, 1.165) is 24.3 Å². The van der Waals surface area contributed by atoms with Crippen LogP contribution in [-0.2, 0) is 10.0 Å². The Balaban J connectivity index is 1.79. The van der Waals surface area contributed by atoms with Crippen LogP contribution >= 0.6 is 23.2 Å². The lowest BCUT2D eigenvalue weighted by molar-refractivity contribution is 0.102. The molecule has 28 heavy (non-hydrogen) atoms. The predicted molar refractivity (Wildman–Crippen MR) is 108 cm³/mol. The molecule has 1 amide bonds. The van der Waals surface area contributed by atoms with Crippen molar-refractivity contribution in [1.29, 1.82) is 0 Å². The molecule has 0 spiro atoms. The van der Waals surface area contributed by atoms with Crippen molar-refractivity contribution in [2.75, 3.05) is 10.0 Å². The van der Waals surface area contributed by atoms with Crippen LogP contribution < -0.4 is 10.0 Å². The van der Waals surface area contributed by atoms with Gasteiger partial charge in [0.2, 0.25) is 0 Å². The molecule has 0 atom stereocenters. The summed E-state index contributed by atoms with van der Waals surface area (Å²) in [5.41, 5.74) is 0.802. The first-order valence-corrected chi connectivity index (χ1v) is 10.1. The fraction of sp³-hybridized carbons (Fsp3) is 0. The van der Waals surface area contributed by atoms with Gasteiger partial charge in [0, 0.05) is 27.0 Å². The van der Waals surface area contributed by atoms with Crippen LogP contribution in [0, 0.1) is 5.82 Å². The minimum Gasteiger partial charge on any atom is -0.322 e. The molecule has 3 aromatic rings. The van der Waals surface area contributed by atoms with Gasteiger partial charge in [-0.15, -0.1) is 0 Å². The summed E-state index contributed by atoms with van der Waals surface area (Å²) in [6.45, 7) is 0. The van der Waals surface area contributed by atoms with Gasteiger partial charge in [-0.3, -0.25) is 9.52 Å². The van der Waals surface area contributed by atoms with Crippen LogP contribution in [0.3, 0.4) is 0 Å². The normalized spacial score (nSPS) is 11.1. The zero-order chi connectivity index (χ0) is 20.3. The van der Waals surface area contributed by atoms with Gasteiger partial charge in [-0.25, -0.2) is 12.8 Å². The number of anilines is 2. The van der Waals surface area contributed by atoms with Crippen molar-refractivity contribution in [1.82, 2.24) is 0 Å². The highest BCUT2D eigenvalue weighted by atomic mass is 35.5. The Morgan fingerprint density at radius 1 is 0.857 bits per heavy atom. The van der Waals surface area contributed by atoms with E-state index in [4.69, 9.17) is 23.2 Å². The second kappa shape index (κ2) is 8.18. The molecular weight excluding hydrogens is 426 g/mol. The first kappa shape index (κ1) is 20.1. The second-order valence-corrected chi connectivity index (χ2v) is 8.31. The van der Waals surface area contributed by atoms with Crippen LogP contribution in [-0.4, -0.2) is 14.3 Å². The first-order valence-electron chi connectivity index (χ1n) is 7.89. The maximum atomic E-state index is 13.0. The molecule has 0 unspecified atom stereocenters. The molecule has 2 N–H and O–H groups in total. The number of amides is 1. The Labute approximate surface area is 171 Å².